The van der Waals surface area contributed by atoms with E-state index < -0.39 is 0 Å². The molecule has 0 bridgehead atoms. The van der Waals surface area contributed by atoms with Crippen molar-refractivity contribution in [3.8, 4) is 33.2 Å². The highest BCUT2D eigenvalue weighted by atomic mass is 32.1. The molecule has 6 aromatic heterocycles. The molecule has 8 heteroatoms. The molecule has 0 saturated heterocycles. The van der Waals surface area contributed by atoms with Gasteiger partial charge in [-0.1, -0.05) is 6.07 Å². The Morgan fingerprint density at radius 3 is 2.72 bits per heavy atom. The molecule has 0 aliphatic heterocycles. The van der Waals surface area contributed by atoms with Crippen LogP contribution in [0.15, 0.2) is 66.7 Å². The Bertz CT molecular complexity index is 1450. The second-order valence-electron chi connectivity index (χ2n) is 6.56. The Kier molecular flexibility index (Phi) is 3.50. The summed E-state index contributed by atoms with van der Waals surface area (Å²) in [6, 6.07) is 10.3. The van der Waals surface area contributed by atoms with Gasteiger partial charge in [-0.3, -0.25) is 20.1 Å². The topological polar surface area (TPSA) is 96.0 Å². The Labute approximate surface area is 168 Å². The number of H-pyrrole nitrogens is 2. The predicted octanol–water partition coefficient (Wildman–Crippen LogP) is 4.69. The molecular weight excluding hydrogens is 382 g/mol. The van der Waals surface area contributed by atoms with Gasteiger partial charge in [0.05, 0.1) is 29.3 Å². The van der Waals surface area contributed by atoms with E-state index in [0.717, 1.165) is 50.3 Å². The minimum atomic E-state index is 0.722. The van der Waals surface area contributed by atoms with Gasteiger partial charge in [-0.2, -0.15) is 5.10 Å². The summed E-state index contributed by atoms with van der Waals surface area (Å²) in [5.74, 6) is 0. The zero-order chi connectivity index (χ0) is 19.2. The van der Waals surface area contributed by atoms with Crippen LogP contribution in [0.25, 0.3) is 55.2 Å². The van der Waals surface area contributed by atoms with Crippen molar-refractivity contribution in [2.45, 2.75) is 0 Å². The number of thiophene rings is 1. The normalized spacial score (nSPS) is 11.4. The molecule has 7 nitrogen and oxygen atoms in total. The molecule has 6 heterocycles. The molecule has 29 heavy (non-hydrogen) atoms. The molecule has 0 aliphatic rings. The molecule has 6 aromatic rings. The van der Waals surface area contributed by atoms with Crippen LogP contribution in [0, 0.1) is 0 Å². The number of pyridine rings is 2. The molecule has 0 aliphatic carbocycles. The third-order valence-electron chi connectivity index (χ3n) is 4.85. The van der Waals surface area contributed by atoms with Crippen LogP contribution in [0.3, 0.4) is 0 Å². The van der Waals surface area contributed by atoms with Crippen molar-refractivity contribution in [1.29, 1.82) is 0 Å². The summed E-state index contributed by atoms with van der Waals surface area (Å²) < 4.78 is 0. The van der Waals surface area contributed by atoms with Gasteiger partial charge in [0.25, 0.3) is 0 Å². The van der Waals surface area contributed by atoms with Crippen LogP contribution in [0.1, 0.15) is 0 Å². The maximum Gasteiger partial charge on any atom is 0.138 e. The van der Waals surface area contributed by atoms with Gasteiger partial charge < -0.3 is 4.98 Å². The lowest BCUT2D eigenvalue weighted by Gasteiger charge is -1.99. The van der Waals surface area contributed by atoms with Gasteiger partial charge in [-0.25, -0.2) is 4.98 Å². The van der Waals surface area contributed by atoms with E-state index in [1.54, 1.807) is 36.1 Å². The standard InChI is InChI=1S/C21H13N7S/c1-2-19(29-7-1)12-3-4-24-21-13(12)8-16(26-21)20-14-9-15(18-10-22-5-6-23-18)25-11-17(14)27-28-20/h1-11H,(H,24,26)(H,27,28). The first kappa shape index (κ1) is 16.1. The van der Waals surface area contributed by atoms with Crippen LogP contribution in [-0.4, -0.2) is 35.1 Å². The van der Waals surface area contributed by atoms with Crippen molar-refractivity contribution in [3.05, 3.63) is 66.7 Å². The van der Waals surface area contributed by atoms with Gasteiger partial charge in [-0.05, 0) is 29.6 Å². The van der Waals surface area contributed by atoms with Crippen LogP contribution in [0.2, 0.25) is 0 Å². The van der Waals surface area contributed by atoms with Crippen LogP contribution < -0.4 is 0 Å². The quantitative estimate of drug-likeness (QED) is 0.453. The molecule has 0 aromatic carbocycles. The van der Waals surface area contributed by atoms with Crippen LogP contribution in [0.4, 0.5) is 0 Å². The second-order valence-corrected chi connectivity index (χ2v) is 7.51. The first-order chi connectivity index (χ1) is 14.4. The molecular formula is C21H13N7S. The fraction of sp³-hybridized carbons (Fsp3) is 0. The van der Waals surface area contributed by atoms with E-state index in [9.17, 15) is 0 Å². The number of rotatable bonds is 3. The number of aromatic amines is 2. The van der Waals surface area contributed by atoms with E-state index >= 15 is 0 Å². The second kappa shape index (κ2) is 6.32. The van der Waals surface area contributed by atoms with E-state index in [1.807, 2.05) is 18.3 Å². The molecule has 0 amide bonds. The van der Waals surface area contributed by atoms with Crippen molar-refractivity contribution in [3.63, 3.8) is 0 Å². The summed E-state index contributed by atoms with van der Waals surface area (Å²) >= 11 is 1.72. The van der Waals surface area contributed by atoms with Crippen molar-refractivity contribution < 1.29 is 0 Å². The van der Waals surface area contributed by atoms with Gasteiger partial charge in [0.15, 0.2) is 0 Å². The molecule has 0 saturated carbocycles. The van der Waals surface area contributed by atoms with Crippen molar-refractivity contribution in [1.82, 2.24) is 35.1 Å². The molecule has 2 N–H and O–H groups in total. The Hall–Kier alpha value is -3.91. The van der Waals surface area contributed by atoms with Crippen LogP contribution in [0.5, 0.6) is 0 Å². The largest absolute Gasteiger partial charge is 0.338 e. The lowest BCUT2D eigenvalue weighted by Crippen LogP contribution is -1.88. The highest BCUT2D eigenvalue weighted by molar-refractivity contribution is 7.13. The van der Waals surface area contributed by atoms with Gasteiger partial charge >= 0.3 is 0 Å². The van der Waals surface area contributed by atoms with Gasteiger partial charge in [-0.15, -0.1) is 11.3 Å². The number of hydrogen-bond donors (Lipinski definition) is 2. The van der Waals surface area contributed by atoms with Crippen molar-refractivity contribution in [2.24, 2.45) is 0 Å². The molecule has 0 unspecified atom stereocenters. The van der Waals surface area contributed by atoms with E-state index in [-0.39, 0.29) is 0 Å². The van der Waals surface area contributed by atoms with Crippen LogP contribution in [-0.2, 0) is 0 Å². The first-order valence-electron chi connectivity index (χ1n) is 8.99. The summed E-state index contributed by atoms with van der Waals surface area (Å²) in [7, 11) is 0. The zero-order valence-corrected chi connectivity index (χ0v) is 15.8. The molecule has 0 atom stereocenters. The van der Waals surface area contributed by atoms with E-state index in [4.69, 9.17) is 0 Å². The minimum Gasteiger partial charge on any atom is -0.338 e. The highest BCUT2D eigenvalue weighted by Crippen LogP contribution is 2.35. The van der Waals surface area contributed by atoms with Crippen molar-refractivity contribution in [2.75, 3.05) is 0 Å². The zero-order valence-electron chi connectivity index (χ0n) is 15.0. The number of hydrogen-bond acceptors (Lipinski definition) is 6. The summed E-state index contributed by atoms with van der Waals surface area (Å²) in [5.41, 5.74) is 6.06. The fourth-order valence-electron chi connectivity index (χ4n) is 3.49. The monoisotopic (exact) mass is 395 g/mol. The SMILES string of the molecule is c1csc(-c2ccnc3[nH]c(-c4n[nH]c5cnc(-c6cnccn6)cc45)cc23)c1. The Morgan fingerprint density at radius 2 is 1.86 bits per heavy atom. The molecule has 6 rings (SSSR count). The van der Waals surface area contributed by atoms with E-state index in [1.165, 1.54) is 4.88 Å². The maximum atomic E-state index is 4.53. The molecule has 138 valence electrons. The maximum absolute atomic E-state index is 4.53. The average molecular weight is 395 g/mol. The summed E-state index contributed by atoms with van der Waals surface area (Å²) in [6.45, 7) is 0. The summed E-state index contributed by atoms with van der Waals surface area (Å²) in [5, 5.41) is 11.7. The average Bonchev–Trinajstić information content (AvgIpc) is 3.52. The summed E-state index contributed by atoms with van der Waals surface area (Å²) in [6.07, 6.45) is 8.61. The number of fused-ring (bicyclic) bond motifs is 2. The van der Waals surface area contributed by atoms with Gasteiger partial charge in [0, 0.05) is 39.8 Å². The van der Waals surface area contributed by atoms with E-state index in [0.29, 0.717) is 0 Å². The molecule has 0 fully saturated rings. The highest BCUT2D eigenvalue weighted by Gasteiger charge is 2.15. The smallest absolute Gasteiger partial charge is 0.138 e. The Morgan fingerprint density at radius 1 is 0.862 bits per heavy atom. The lowest BCUT2D eigenvalue weighted by molar-refractivity contribution is 1.11. The third kappa shape index (κ3) is 2.61. The number of nitrogens with zero attached hydrogens (tertiary/aromatic N) is 5. The number of nitrogens with one attached hydrogen (secondary N) is 2. The Balaban J connectivity index is 1.53. The lowest BCUT2D eigenvalue weighted by atomic mass is 10.1. The fourth-order valence-corrected chi connectivity index (χ4v) is 4.26. The number of aromatic nitrogens is 7. The minimum absolute atomic E-state index is 0.722. The van der Waals surface area contributed by atoms with E-state index in [2.05, 4.69) is 58.7 Å². The summed E-state index contributed by atoms with van der Waals surface area (Å²) in [4.78, 5) is 22.1. The van der Waals surface area contributed by atoms with Gasteiger partial charge in [0.2, 0.25) is 0 Å². The first-order valence-corrected chi connectivity index (χ1v) is 9.87. The van der Waals surface area contributed by atoms with Crippen molar-refractivity contribution >= 4 is 33.3 Å². The predicted molar refractivity (Wildman–Crippen MR) is 113 cm³/mol. The van der Waals surface area contributed by atoms with Gasteiger partial charge in [0.1, 0.15) is 17.0 Å². The van der Waals surface area contributed by atoms with Crippen LogP contribution >= 0.6 is 11.3 Å². The molecule has 0 spiro atoms. The molecule has 0 radical (unpaired) electrons. The third-order valence-corrected chi connectivity index (χ3v) is 5.75.